The molecule has 0 aliphatic carbocycles. The van der Waals surface area contributed by atoms with E-state index in [1.165, 1.54) is 16.5 Å². The van der Waals surface area contributed by atoms with E-state index in [2.05, 4.69) is 29.4 Å². The third-order valence-corrected chi connectivity index (χ3v) is 5.82. The fourth-order valence-electron chi connectivity index (χ4n) is 4.20. The van der Waals surface area contributed by atoms with Crippen molar-refractivity contribution in [3.05, 3.63) is 88.9 Å². The van der Waals surface area contributed by atoms with Crippen LogP contribution in [0.15, 0.2) is 60.8 Å². The van der Waals surface area contributed by atoms with Crippen LogP contribution in [0.2, 0.25) is 0 Å². The average molecular weight is 424 g/mol. The highest BCUT2D eigenvalue weighted by molar-refractivity contribution is 6.06. The molecule has 6 heteroatoms. The molecule has 0 radical (unpaired) electrons. The number of carbonyl (C=O) groups is 1. The maximum absolute atomic E-state index is 13.2. The van der Waals surface area contributed by atoms with E-state index in [0.717, 1.165) is 34.4 Å². The number of amides is 1. The lowest BCUT2D eigenvalue weighted by atomic mass is 10.1. The first-order chi connectivity index (χ1) is 15.5. The lowest BCUT2D eigenvalue weighted by Gasteiger charge is -2.09. The van der Waals surface area contributed by atoms with Crippen LogP contribution in [0.4, 0.5) is 0 Å². The Labute approximate surface area is 186 Å². The summed E-state index contributed by atoms with van der Waals surface area (Å²) in [4.78, 5) is 21.2. The maximum Gasteiger partial charge on any atom is 0.252 e. The molecule has 0 spiro atoms. The van der Waals surface area contributed by atoms with Crippen molar-refractivity contribution >= 4 is 27.8 Å². The van der Waals surface area contributed by atoms with Crippen molar-refractivity contribution in [2.45, 2.75) is 27.2 Å². The van der Waals surface area contributed by atoms with Crippen molar-refractivity contribution in [3.8, 4) is 5.69 Å². The zero-order chi connectivity index (χ0) is 22.2. The van der Waals surface area contributed by atoms with Crippen LogP contribution in [0.5, 0.6) is 0 Å². The van der Waals surface area contributed by atoms with Gasteiger partial charge in [-0.1, -0.05) is 35.9 Å². The van der Waals surface area contributed by atoms with Crippen LogP contribution in [0.25, 0.3) is 27.6 Å². The molecule has 2 N–H and O–H groups in total. The summed E-state index contributed by atoms with van der Waals surface area (Å²) in [7, 11) is 0. The SMILES string of the molecule is Cc1ccc(-n2nc(C)c3c(C(=O)NCCc4c[nH]c5ccccc45)cc(C)nc32)cc1. The van der Waals surface area contributed by atoms with Gasteiger partial charge >= 0.3 is 0 Å². The quantitative estimate of drug-likeness (QED) is 0.426. The van der Waals surface area contributed by atoms with Crippen LogP contribution >= 0.6 is 0 Å². The molecular weight excluding hydrogens is 398 g/mol. The number of carbonyl (C=O) groups excluding carboxylic acids is 1. The molecule has 160 valence electrons. The minimum Gasteiger partial charge on any atom is -0.361 e. The van der Waals surface area contributed by atoms with Gasteiger partial charge < -0.3 is 10.3 Å². The molecule has 0 unspecified atom stereocenters. The molecule has 6 nitrogen and oxygen atoms in total. The zero-order valence-corrected chi connectivity index (χ0v) is 18.4. The molecule has 32 heavy (non-hydrogen) atoms. The number of aromatic nitrogens is 4. The molecule has 0 saturated carbocycles. The number of aromatic amines is 1. The molecule has 5 aromatic rings. The van der Waals surface area contributed by atoms with Crippen LogP contribution < -0.4 is 5.32 Å². The van der Waals surface area contributed by atoms with E-state index in [-0.39, 0.29) is 5.91 Å². The third kappa shape index (κ3) is 3.54. The van der Waals surface area contributed by atoms with Crippen LogP contribution in [0, 0.1) is 20.8 Å². The number of benzene rings is 2. The van der Waals surface area contributed by atoms with Gasteiger partial charge in [-0.25, -0.2) is 9.67 Å². The Bertz CT molecular complexity index is 1440. The molecule has 0 aliphatic heterocycles. The van der Waals surface area contributed by atoms with Gasteiger partial charge in [-0.15, -0.1) is 0 Å². The van der Waals surface area contributed by atoms with Crippen molar-refractivity contribution in [2.24, 2.45) is 0 Å². The summed E-state index contributed by atoms with van der Waals surface area (Å²) in [5.41, 5.74) is 7.30. The number of pyridine rings is 1. The van der Waals surface area contributed by atoms with Gasteiger partial charge in [-0.3, -0.25) is 4.79 Å². The van der Waals surface area contributed by atoms with E-state index >= 15 is 0 Å². The normalized spacial score (nSPS) is 11.3. The summed E-state index contributed by atoms with van der Waals surface area (Å²) in [6.45, 7) is 6.43. The lowest BCUT2D eigenvalue weighted by Crippen LogP contribution is -2.26. The number of rotatable bonds is 5. The van der Waals surface area contributed by atoms with Crippen molar-refractivity contribution in [3.63, 3.8) is 0 Å². The van der Waals surface area contributed by atoms with Crippen molar-refractivity contribution in [1.82, 2.24) is 25.1 Å². The van der Waals surface area contributed by atoms with Gasteiger partial charge in [-0.2, -0.15) is 5.10 Å². The van der Waals surface area contributed by atoms with Gasteiger partial charge in [0.25, 0.3) is 5.91 Å². The second-order valence-corrected chi connectivity index (χ2v) is 8.21. The van der Waals surface area contributed by atoms with Crippen LogP contribution in [-0.4, -0.2) is 32.2 Å². The molecule has 2 aromatic carbocycles. The first-order valence-electron chi connectivity index (χ1n) is 10.8. The number of nitrogens with one attached hydrogen (secondary N) is 2. The van der Waals surface area contributed by atoms with Gasteiger partial charge in [0.15, 0.2) is 5.65 Å². The smallest absolute Gasteiger partial charge is 0.252 e. The summed E-state index contributed by atoms with van der Waals surface area (Å²) in [6.07, 6.45) is 2.77. The van der Waals surface area contributed by atoms with Gasteiger partial charge in [0.1, 0.15) is 0 Å². The van der Waals surface area contributed by atoms with Crippen molar-refractivity contribution < 1.29 is 4.79 Å². The van der Waals surface area contributed by atoms with Crippen molar-refractivity contribution in [2.75, 3.05) is 6.54 Å². The predicted octanol–water partition coefficient (Wildman–Crippen LogP) is 4.80. The Kier molecular flexibility index (Phi) is 4.98. The Balaban J connectivity index is 1.43. The number of para-hydroxylation sites is 1. The third-order valence-electron chi connectivity index (χ3n) is 5.82. The number of H-pyrrole nitrogens is 1. The minimum absolute atomic E-state index is 0.105. The number of nitrogens with zero attached hydrogens (tertiary/aromatic N) is 3. The van der Waals surface area contributed by atoms with Gasteiger partial charge in [0, 0.05) is 29.3 Å². The molecular formula is C26H25N5O. The Hall–Kier alpha value is -3.93. The summed E-state index contributed by atoms with van der Waals surface area (Å²) in [6, 6.07) is 18.2. The highest BCUT2D eigenvalue weighted by atomic mass is 16.1. The maximum atomic E-state index is 13.2. The Morgan fingerprint density at radius 2 is 1.84 bits per heavy atom. The van der Waals surface area contributed by atoms with Gasteiger partial charge in [0.2, 0.25) is 0 Å². The van der Waals surface area contributed by atoms with Gasteiger partial charge in [0.05, 0.1) is 22.3 Å². The highest BCUT2D eigenvalue weighted by Crippen LogP contribution is 2.25. The van der Waals surface area contributed by atoms with Crippen molar-refractivity contribution in [1.29, 1.82) is 0 Å². The number of hydrogen-bond acceptors (Lipinski definition) is 3. The molecule has 3 aromatic heterocycles. The Morgan fingerprint density at radius 3 is 2.66 bits per heavy atom. The molecule has 3 heterocycles. The summed E-state index contributed by atoms with van der Waals surface area (Å²) in [5, 5.41) is 9.77. The van der Waals surface area contributed by atoms with E-state index in [1.54, 1.807) is 0 Å². The monoisotopic (exact) mass is 423 g/mol. The van der Waals surface area contributed by atoms with E-state index < -0.39 is 0 Å². The molecule has 0 aliphatic rings. The fraction of sp³-hybridized carbons (Fsp3) is 0.192. The molecule has 0 atom stereocenters. The molecule has 0 saturated heterocycles. The molecule has 0 fully saturated rings. The van der Waals surface area contributed by atoms with Crippen LogP contribution in [0.3, 0.4) is 0 Å². The van der Waals surface area contributed by atoms with Gasteiger partial charge in [-0.05, 0) is 57.0 Å². The van der Waals surface area contributed by atoms with E-state index in [4.69, 9.17) is 10.1 Å². The standard InChI is InChI=1S/C26H25N5O/c1-16-8-10-20(11-9-16)31-25-24(18(3)30-31)22(14-17(2)29-25)26(32)27-13-12-19-15-28-23-7-5-4-6-21(19)23/h4-11,14-15,28H,12-13H2,1-3H3,(H,27,32). The zero-order valence-electron chi connectivity index (χ0n) is 18.4. The first kappa shape index (κ1) is 20.0. The molecule has 5 rings (SSSR count). The highest BCUT2D eigenvalue weighted by Gasteiger charge is 2.19. The van der Waals surface area contributed by atoms with E-state index in [9.17, 15) is 4.79 Å². The fourth-order valence-corrected chi connectivity index (χ4v) is 4.20. The van der Waals surface area contributed by atoms with E-state index in [0.29, 0.717) is 17.8 Å². The number of aryl methyl sites for hydroxylation is 3. The van der Waals surface area contributed by atoms with Crippen LogP contribution in [-0.2, 0) is 6.42 Å². The first-order valence-corrected chi connectivity index (χ1v) is 10.8. The summed E-state index contributed by atoms with van der Waals surface area (Å²) in [5.74, 6) is -0.105. The Morgan fingerprint density at radius 1 is 1.06 bits per heavy atom. The van der Waals surface area contributed by atoms with Crippen LogP contribution in [0.1, 0.15) is 32.9 Å². The summed E-state index contributed by atoms with van der Waals surface area (Å²) >= 11 is 0. The second-order valence-electron chi connectivity index (χ2n) is 8.21. The summed E-state index contributed by atoms with van der Waals surface area (Å²) < 4.78 is 1.82. The molecule has 1 amide bonds. The van der Waals surface area contributed by atoms with E-state index in [1.807, 2.05) is 67.2 Å². The average Bonchev–Trinajstić information content (AvgIpc) is 3.35. The minimum atomic E-state index is -0.105. The second kappa shape index (κ2) is 7.96. The topological polar surface area (TPSA) is 75.6 Å². The molecule has 0 bridgehead atoms. The lowest BCUT2D eigenvalue weighted by molar-refractivity contribution is 0.0955. The number of hydrogen-bond donors (Lipinski definition) is 2. The number of fused-ring (bicyclic) bond motifs is 2. The predicted molar refractivity (Wildman–Crippen MR) is 127 cm³/mol. The largest absolute Gasteiger partial charge is 0.361 e.